The molecule has 1 aliphatic heterocycles. The molecule has 1 saturated heterocycles. The Labute approximate surface area is 103 Å². The van der Waals surface area contributed by atoms with Gasteiger partial charge in [-0.05, 0) is 12.1 Å². The summed E-state index contributed by atoms with van der Waals surface area (Å²) < 4.78 is 0. The molecule has 7 nitrogen and oxygen atoms in total. The van der Waals surface area contributed by atoms with Gasteiger partial charge in [0.05, 0.1) is 11.9 Å². The van der Waals surface area contributed by atoms with Crippen molar-refractivity contribution in [2.75, 3.05) is 25.5 Å². The number of amides is 3. The van der Waals surface area contributed by atoms with Gasteiger partial charge in [-0.1, -0.05) is 0 Å². The number of hydrogen-bond acceptors (Lipinski definition) is 5. The zero-order valence-corrected chi connectivity index (χ0v) is 9.77. The van der Waals surface area contributed by atoms with Crippen LogP contribution in [0.1, 0.15) is 10.5 Å². The second kappa shape index (κ2) is 4.82. The Kier molecular flexibility index (Phi) is 3.22. The molecular weight excluding hydrogens is 236 g/mol. The van der Waals surface area contributed by atoms with E-state index in [-0.39, 0.29) is 18.8 Å². The highest BCUT2D eigenvalue weighted by atomic mass is 16.2. The van der Waals surface area contributed by atoms with Crippen LogP contribution in [0.4, 0.5) is 5.69 Å². The van der Waals surface area contributed by atoms with E-state index in [2.05, 4.69) is 15.6 Å². The largest absolute Gasteiger partial charge is 0.387 e. The number of rotatable bonds is 2. The molecule has 2 heterocycles. The lowest BCUT2D eigenvalue weighted by atomic mass is 10.2. The van der Waals surface area contributed by atoms with Gasteiger partial charge in [0.15, 0.2) is 0 Å². The first-order chi connectivity index (χ1) is 8.60. The van der Waals surface area contributed by atoms with Crippen LogP contribution in [0.15, 0.2) is 18.3 Å². The van der Waals surface area contributed by atoms with E-state index in [4.69, 9.17) is 0 Å². The molecule has 3 amide bonds. The van der Waals surface area contributed by atoms with Gasteiger partial charge in [-0.3, -0.25) is 19.7 Å². The fraction of sp³-hybridized carbons (Fsp3) is 0.273. The Morgan fingerprint density at radius 1 is 1.33 bits per heavy atom. The summed E-state index contributed by atoms with van der Waals surface area (Å²) in [4.78, 5) is 39.5. The Balaban J connectivity index is 2.14. The minimum Gasteiger partial charge on any atom is -0.387 e. The third kappa shape index (κ3) is 2.45. The van der Waals surface area contributed by atoms with Crippen LogP contribution in [0.5, 0.6) is 0 Å². The molecule has 0 atom stereocenters. The predicted octanol–water partition coefficient (Wildman–Crippen LogP) is -0.778. The maximum absolute atomic E-state index is 12.0. The number of carbonyl (C=O) groups excluding carboxylic acids is 3. The van der Waals surface area contributed by atoms with Crippen LogP contribution < -0.4 is 10.6 Å². The SMILES string of the molecule is CNc1ccc(C(=O)N2CC(=O)NC(=O)C2)nc1. The summed E-state index contributed by atoms with van der Waals surface area (Å²) in [6.45, 7) is -0.250. The molecule has 0 spiro atoms. The highest BCUT2D eigenvalue weighted by molar-refractivity contribution is 6.05. The predicted molar refractivity (Wildman–Crippen MR) is 62.8 cm³/mol. The number of imide groups is 1. The lowest BCUT2D eigenvalue weighted by molar-refractivity contribution is -0.135. The first-order valence-corrected chi connectivity index (χ1v) is 5.36. The highest BCUT2D eigenvalue weighted by Crippen LogP contribution is 2.08. The van der Waals surface area contributed by atoms with Crippen molar-refractivity contribution in [2.45, 2.75) is 0 Å². The number of aromatic nitrogens is 1. The molecule has 0 aromatic carbocycles. The molecule has 0 radical (unpaired) electrons. The number of pyridine rings is 1. The Morgan fingerprint density at radius 2 is 2.00 bits per heavy atom. The summed E-state index contributed by atoms with van der Waals surface area (Å²) in [6.07, 6.45) is 1.51. The number of nitrogens with one attached hydrogen (secondary N) is 2. The number of piperazine rings is 1. The molecule has 0 aliphatic carbocycles. The van der Waals surface area contributed by atoms with Crippen LogP contribution in [0.25, 0.3) is 0 Å². The van der Waals surface area contributed by atoms with Crippen LogP contribution in [0.2, 0.25) is 0 Å². The number of anilines is 1. The fourth-order valence-corrected chi connectivity index (χ4v) is 1.61. The van der Waals surface area contributed by atoms with Gasteiger partial charge in [-0.25, -0.2) is 4.98 Å². The standard InChI is InChI=1S/C11H12N4O3/c1-12-7-2-3-8(13-4-7)11(18)15-5-9(16)14-10(17)6-15/h2-4,12H,5-6H2,1H3,(H,14,16,17). The third-order valence-electron chi connectivity index (χ3n) is 2.51. The van der Waals surface area contributed by atoms with Crippen LogP contribution in [0, 0.1) is 0 Å². The minimum atomic E-state index is -0.480. The number of carbonyl (C=O) groups is 3. The average Bonchev–Trinajstić information content (AvgIpc) is 2.37. The Hall–Kier alpha value is -2.44. The minimum absolute atomic E-state index is 0.125. The van der Waals surface area contributed by atoms with E-state index in [1.165, 1.54) is 11.1 Å². The number of hydrogen-bond donors (Lipinski definition) is 2. The first kappa shape index (κ1) is 12.0. The molecular formula is C11H12N4O3. The molecule has 1 aromatic rings. The van der Waals surface area contributed by atoms with Gasteiger partial charge in [0, 0.05) is 7.05 Å². The van der Waals surface area contributed by atoms with Gasteiger partial charge in [-0.2, -0.15) is 0 Å². The van der Waals surface area contributed by atoms with E-state index in [0.29, 0.717) is 0 Å². The van der Waals surface area contributed by atoms with Crippen molar-refractivity contribution < 1.29 is 14.4 Å². The summed E-state index contributed by atoms with van der Waals surface area (Å²) in [7, 11) is 1.74. The topological polar surface area (TPSA) is 91.4 Å². The second-order valence-corrected chi connectivity index (χ2v) is 3.81. The summed E-state index contributed by atoms with van der Waals surface area (Å²) in [6, 6.07) is 3.25. The average molecular weight is 248 g/mol. The molecule has 18 heavy (non-hydrogen) atoms. The van der Waals surface area contributed by atoms with E-state index < -0.39 is 17.7 Å². The summed E-state index contributed by atoms with van der Waals surface area (Å²) in [5, 5.41) is 5.01. The Morgan fingerprint density at radius 3 is 2.50 bits per heavy atom. The monoisotopic (exact) mass is 248 g/mol. The van der Waals surface area contributed by atoms with Gasteiger partial charge in [-0.15, -0.1) is 0 Å². The molecule has 1 aliphatic rings. The number of nitrogens with zero attached hydrogens (tertiary/aromatic N) is 2. The molecule has 1 fully saturated rings. The van der Waals surface area contributed by atoms with Crippen LogP contribution in [0.3, 0.4) is 0 Å². The van der Waals surface area contributed by atoms with Crippen LogP contribution in [-0.2, 0) is 9.59 Å². The van der Waals surface area contributed by atoms with Crippen LogP contribution in [-0.4, -0.2) is 47.7 Å². The van der Waals surface area contributed by atoms with Crippen molar-refractivity contribution in [1.82, 2.24) is 15.2 Å². The van der Waals surface area contributed by atoms with Crippen molar-refractivity contribution in [3.63, 3.8) is 0 Å². The van der Waals surface area contributed by atoms with Gasteiger partial charge in [0.1, 0.15) is 18.8 Å². The third-order valence-corrected chi connectivity index (χ3v) is 2.51. The maximum Gasteiger partial charge on any atom is 0.273 e. The zero-order chi connectivity index (χ0) is 13.1. The zero-order valence-electron chi connectivity index (χ0n) is 9.77. The Bertz CT molecular complexity index is 482. The van der Waals surface area contributed by atoms with E-state index >= 15 is 0 Å². The van der Waals surface area contributed by atoms with E-state index in [1.807, 2.05) is 0 Å². The smallest absolute Gasteiger partial charge is 0.273 e. The molecule has 2 N–H and O–H groups in total. The van der Waals surface area contributed by atoms with Crippen molar-refractivity contribution in [1.29, 1.82) is 0 Å². The normalized spacial score (nSPS) is 15.3. The quantitative estimate of drug-likeness (QED) is 0.670. The van der Waals surface area contributed by atoms with Gasteiger partial charge < -0.3 is 10.2 Å². The summed E-state index contributed by atoms with van der Waals surface area (Å²) >= 11 is 0. The van der Waals surface area contributed by atoms with Gasteiger partial charge in [0.25, 0.3) is 5.91 Å². The van der Waals surface area contributed by atoms with E-state index in [9.17, 15) is 14.4 Å². The lowest BCUT2D eigenvalue weighted by Crippen LogP contribution is -2.53. The van der Waals surface area contributed by atoms with Crippen molar-refractivity contribution >= 4 is 23.4 Å². The van der Waals surface area contributed by atoms with Crippen molar-refractivity contribution in [3.05, 3.63) is 24.0 Å². The molecule has 94 valence electrons. The van der Waals surface area contributed by atoms with Gasteiger partial charge in [0.2, 0.25) is 11.8 Å². The first-order valence-electron chi connectivity index (χ1n) is 5.36. The van der Waals surface area contributed by atoms with Crippen molar-refractivity contribution in [3.8, 4) is 0 Å². The molecule has 0 bridgehead atoms. The lowest BCUT2D eigenvalue weighted by Gasteiger charge is -2.25. The van der Waals surface area contributed by atoms with Gasteiger partial charge >= 0.3 is 0 Å². The summed E-state index contributed by atoms with van der Waals surface area (Å²) in [5.74, 6) is -1.39. The van der Waals surface area contributed by atoms with E-state index in [1.54, 1.807) is 19.2 Å². The molecule has 7 heteroatoms. The highest BCUT2D eigenvalue weighted by Gasteiger charge is 2.27. The fourth-order valence-electron chi connectivity index (χ4n) is 1.61. The van der Waals surface area contributed by atoms with Crippen LogP contribution >= 0.6 is 0 Å². The maximum atomic E-state index is 12.0. The molecule has 2 rings (SSSR count). The molecule has 0 saturated carbocycles. The molecule has 0 unspecified atom stereocenters. The second-order valence-electron chi connectivity index (χ2n) is 3.81. The van der Waals surface area contributed by atoms with Crippen molar-refractivity contribution in [2.24, 2.45) is 0 Å². The van der Waals surface area contributed by atoms with E-state index in [0.717, 1.165) is 5.69 Å². The molecule has 1 aromatic heterocycles. The summed E-state index contributed by atoms with van der Waals surface area (Å²) in [5.41, 5.74) is 0.982.